The monoisotopic (exact) mass is 220 g/mol. The van der Waals surface area contributed by atoms with E-state index in [1.807, 2.05) is 0 Å². The minimum Gasteiger partial charge on any atom is -0.390 e. The smallest absolute Gasteiger partial charge is 0.147 e. The zero-order valence-electron chi connectivity index (χ0n) is 8.99. The molecule has 0 rings (SSSR count). The Labute approximate surface area is 86.8 Å². The Morgan fingerprint density at radius 1 is 1.43 bits per heavy atom. The maximum absolute atomic E-state index is 10.8. The number of hydrogen-bond acceptors (Lipinski definition) is 3. The Bertz CT molecular complexity index is 265. The first-order chi connectivity index (χ1) is 6.27. The Kier molecular flexibility index (Phi) is 5.37. The highest BCUT2D eigenvalue weighted by Crippen LogP contribution is 2.19. The van der Waals surface area contributed by atoms with Crippen LogP contribution in [0.15, 0.2) is 12.7 Å². The van der Waals surface area contributed by atoms with Gasteiger partial charge in [-0.2, -0.15) is 0 Å². The maximum atomic E-state index is 10.8. The van der Waals surface area contributed by atoms with Gasteiger partial charge < -0.3 is 5.11 Å². The van der Waals surface area contributed by atoms with E-state index >= 15 is 0 Å². The van der Waals surface area contributed by atoms with Gasteiger partial charge in [-0.05, 0) is 32.6 Å². The first-order valence-electron chi connectivity index (χ1n) is 4.78. The molecule has 0 bridgehead atoms. The van der Waals surface area contributed by atoms with Crippen LogP contribution in [0.2, 0.25) is 0 Å². The first-order valence-corrected chi connectivity index (χ1v) is 6.84. The van der Waals surface area contributed by atoms with Crippen molar-refractivity contribution in [3.63, 3.8) is 0 Å². The van der Waals surface area contributed by atoms with Gasteiger partial charge in [-0.25, -0.2) is 8.42 Å². The lowest BCUT2D eigenvalue weighted by Gasteiger charge is -2.22. The molecule has 0 aliphatic rings. The van der Waals surface area contributed by atoms with E-state index in [-0.39, 0.29) is 5.75 Å². The van der Waals surface area contributed by atoms with Crippen molar-refractivity contribution in [2.24, 2.45) is 0 Å². The lowest BCUT2D eigenvalue weighted by atomic mass is 9.95. The van der Waals surface area contributed by atoms with Crippen LogP contribution < -0.4 is 0 Å². The van der Waals surface area contributed by atoms with Gasteiger partial charge in [0.2, 0.25) is 0 Å². The van der Waals surface area contributed by atoms with Crippen LogP contribution in [0.5, 0.6) is 0 Å². The molecule has 0 saturated carbocycles. The standard InChI is InChI=1S/C10H20O3S/c1-4-5-7-10(2,11)8-6-9-14(3,12)13/h4,11H,1,5-9H2,2-3H3. The fraction of sp³-hybridized carbons (Fsp3) is 0.800. The van der Waals surface area contributed by atoms with Crippen LogP contribution in [-0.4, -0.2) is 31.1 Å². The van der Waals surface area contributed by atoms with Crippen LogP contribution in [-0.2, 0) is 9.84 Å². The molecule has 0 spiro atoms. The lowest BCUT2D eigenvalue weighted by Crippen LogP contribution is -2.24. The molecule has 0 aromatic carbocycles. The van der Waals surface area contributed by atoms with Crippen molar-refractivity contribution in [3.8, 4) is 0 Å². The van der Waals surface area contributed by atoms with Gasteiger partial charge in [-0.15, -0.1) is 6.58 Å². The topological polar surface area (TPSA) is 54.4 Å². The van der Waals surface area contributed by atoms with E-state index in [9.17, 15) is 13.5 Å². The van der Waals surface area contributed by atoms with Crippen molar-refractivity contribution in [2.45, 2.75) is 38.2 Å². The minimum atomic E-state index is -2.90. The van der Waals surface area contributed by atoms with Crippen molar-refractivity contribution < 1.29 is 13.5 Å². The molecular formula is C10H20O3S. The van der Waals surface area contributed by atoms with Gasteiger partial charge >= 0.3 is 0 Å². The van der Waals surface area contributed by atoms with Gasteiger partial charge in [0.15, 0.2) is 0 Å². The van der Waals surface area contributed by atoms with Crippen molar-refractivity contribution >= 4 is 9.84 Å². The molecule has 1 atom stereocenters. The highest BCUT2D eigenvalue weighted by molar-refractivity contribution is 7.90. The van der Waals surface area contributed by atoms with Gasteiger partial charge in [0.05, 0.1) is 5.60 Å². The normalized spacial score (nSPS) is 16.2. The predicted octanol–water partition coefficient (Wildman–Crippen LogP) is 1.53. The molecular weight excluding hydrogens is 200 g/mol. The van der Waals surface area contributed by atoms with E-state index in [2.05, 4.69) is 6.58 Å². The second-order valence-corrected chi connectivity index (χ2v) is 6.32. The quantitative estimate of drug-likeness (QED) is 0.662. The number of allylic oxidation sites excluding steroid dienone is 1. The minimum absolute atomic E-state index is 0.150. The van der Waals surface area contributed by atoms with Gasteiger partial charge in [-0.3, -0.25) is 0 Å². The van der Waals surface area contributed by atoms with Crippen molar-refractivity contribution in [1.29, 1.82) is 0 Å². The fourth-order valence-electron chi connectivity index (χ4n) is 1.25. The molecule has 4 heteroatoms. The van der Waals surface area contributed by atoms with E-state index in [1.54, 1.807) is 13.0 Å². The summed E-state index contributed by atoms with van der Waals surface area (Å²) in [5.41, 5.74) is -0.765. The third kappa shape index (κ3) is 8.26. The summed E-state index contributed by atoms with van der Waals surface area (Å²) in [4.78, 5) is 0. The lowest BCUT2D eigenvalue weighted by molar-refractivity contribution is 0.0425. The molecule has 0 saturated heterocycles. The molecule has 0 fully saturated rings. The number of hydrogen-bond donors (Lipinski definition) is 1. The van der Waals surface area contributed by atoms with E-state index < -0.39 is 15.4 Å². The van der Waals surface area contributed by atoms with Crippen molar-refractivity contribution in [2.75, 3.05) is 12.0 Å². The molecule has 14 heavy (non-hydrogen) atoms. The van der Waals surface area contributed by atoms with Crippen LogP contribution in [0.1, 0.15) is 32.6 Å². The summed E-state index contributed by atoms with van der Waals surface area (Å²) in [6.45, 7) is 5.31. The Morgan fingerprint density at radius 3 is 2.43 bits per heavy atom. The summed E-state index contributed by atoms with van der Waals surface area (Å²) in [6, 6.07) is 0. The van der Waals surface area contributed by atoms with Crippen molar-refractivity contribution in [3.05, 3.63) is 12.7 Å². The Balaban J connectivity index is 3.81. The van der Waals surface area contributed by atoms with Crippen LogP contribution >= 0.6 is 0 Å². The average Bonchev–Trinajstić information content (AvgIpc) is 1.98. The first kappa shape index (κ1) is 13.7. The number of sulfone groups is 1. The molecule has 0 aliphatic carbocycles. The summed E-state index contributed by atoms with van der Waals surface area (Å²) >= 11 is 0. The van der Waals surface area contributed by atoms with Gasteiger partial charge in [0.1, 0.15) is 9.84 Å². The van der Waals surface area contributed by atoms with E-state index in [0.29, 0.717) is 19.3 Å². The molecule has 0 amide bonds. The largest absolute Gasteiger partial charge is 0.390 e. The van der Waals surface area contributed by atoms with Gasteiger partial charge in [0, 0.05) is 12.0 Å². The molecule has 1 N–H and O–H groups in total. The van der Waals surface area contributed by atoms with Crippen LogP contribution in [0.25, 0.3) is 0 Å². The predicted molar refractivity (Wildman–Crippen MR) is 59.0 cm³/mol. The molecule has 0 heterocycles. The summed E-state index contributed by atoms with van der Waals surface area (Å²) in [6.07, 6.45) is 5.40. The summed E-state index contributed by atoms with van der Waals surface area (Å²) in [7, 11) is -2.90. The number of rotatable bonds is 7. The molecule has 0 aliphatic heterocycles. The number of aliphatic hydroxyl groups is 1. The summed E-state index contributed by atoms with van der Waals surface area (Å²) < 4.78 is 21.7. The van der Waals surface area contributed by atoms with Crippen LogP contribution in [0.4, 0.5) is 0 Å². The Hall–Kier alpha value is -0.350. The second kappa shape index (κ2) is 5.51. The summed E-state index contributed by atoms with van der Waals surface area (Å²) in [5, 5.41) is 9.80. The van der Waals surface area contributed by atoms with Crippen LogP contribution in [0, 0.1) is 0 Å². The van der Waals surface area contributed by atoms with E-state index in [1.165, 1.54) is 6.26 Å². The maximum Gasteiger partial charge on any atom is 0.147 e. The molecule has 1 unspecified atom stereocenters. The Morgan fingerprint density at radius 2 is 2.00 bits per heavy atom. The third-order valence-electron chi connectivity index (χ3n) is 2.12. The van der Waals surface area contributed by atoms with E-state index in [0.717, 1.165) is 6.42 Å². The van der Waals surface area contributed by atoms with E-state index in [4.69, 9.17) is 0 Å². The molecule has 0 aromatic rings. The second-order valence-electron chi connectivity index (χ2n) is 4.06. The van der Waals surface area contributed by atoms with Gasteiger partial charge in [-0.1, -0.05) is 6.08 Å². The molecule has 3 nitrogen and oxygen atoms in total. The molecule has 0 aromatic heterocycles. The highest BCUT2D eigenvalue weighted by atomic mass is 32.2. The molecule has 84 valence electrons. The van der Waals surface area contributed by atoms with Crippen LogP contribution in [0.3, 0.4) is 0 Å². The van der Waals surface area contributed by atoms with Crippen molar-refractivity contribution in [1.82, 2.24) is 0 Å². The summed E-state index contributed by atoms with van der Waals surface area (Å²) in [5.74, 6) is 0.150. The fourth-order valence-corrected chi connectivity index (χ4v) is 1.92. The SMILES string of the molecule is C=CCCC(C)(O)CCCS(C)(=O)=O. The molecule has 0 radical (unpaired) electrons. The zero-order chi connectivity index (χ0) is 11.2. The highest BCUT2D eigenvalue weighted by Gasteiger charge is 2.19. The average molecular weight is 220 g/mol. The van der Waals surface area contributed by atoms with Gasteiger partial charge in [0.25, 0.3) is 0 Å². The zero-order valence-corrected chi connectivity index (χ0v) is 9.81. The third-order valence-corrected chi connectivity index (χ3v) is 3.15.